The van der Waals surface area contributed by atoms with Crippen molar-refractivity contribution < 1.29 is 17.9 Å². The first kappa shape index (κ1) is 13.6. The number of hydrogen-bond acceptors (Lipinski definition) is 3. The lowest BCUT2D eigenvalue weighted by molar-refractivity contribution is -0.141. The van der Waals surface area contributed by atoms with Crippen molar-refractivity contribution in [1.29, 1.82) is 0 Å². The summed E-state index contributed by atoms with van der Waals surface area (Å²) < 4.78 is 44.9. The van der Waals surface area contributed by atoms with E-state index in [0.29, 0.717) is 12.4 Å². The van der Waals surface area contributed by atoms with Gasteiger partial charge in [0, 0.05) is 24.6 Å². The van der Waals surface area contributed by atoms with Crippen LogP contribution in [0.3, 0.4) is 0 Å². The Kier molecular flexibility index (Phi) is 3.89. The number of nitrogens with one attached hydrogen (secondary N) is 1. The number of nitrogens with zero attached hydrogens (tertiary/aromatic N) is 3. The van der Waals surface area contributed by atoms with Crippen LogP contribution >= 0.6 is 0 Å². The molecular formula is C11H13F3N4O. The van der Waals surface area contributed by atoms with E-state index in [1.807, 2.05) is 12.0 Å². The van der Waals surface area contributed by atoms with E-state index in [1.165, 1.54) is 12.4 Å². The number of imidazole rings is 1. The van der Waals surface area contributed by atoms with Crippen molar-refractivity contribution in [2.24, 2.45) is 0 Å². The Bertz CT molecular complexity index is 532. The van der Waals surface area contributed by atoms with Gasteiger partial charge >= 0.3 is 6.18 Å². The average molecular weight is 274 g/mol. The van der Waals surface area contributed by atoms with Crippen molar-refractivity contribution in [3.63, 3.8) is 0 Å². The number of ether oxygens (including phenoxy) is 1. The van der Waals surface area contributed by atoms with E-state index in [2.05, 4.69) is 10.1 Å². The van der Waals surface area contributed by atoms with Gasteiger partial charge in [0.05, 0.1) is 12.7 Å². The van der Waals surface area contributed by atoms with E-state index in [1.54, 1.807) is 10.8 Å². The van der Waals surface area contributed by atoms with Crippen molar-refractivity contribution in [2.75, 3.05) is 6.61 Å². The molecule has 0 amide bonds. The minimum atomic E-state index is -4.44. The second kappa shape index (κ2) is 5.43. The van der Waals surface area contributed by atoms with Gasteiger partial charge in [0.2, 0.25) is 0 Å². The quantitative estimate of drug-likeness (QED) is 0.909. The van der Waals surface area contributed by atoms with Crippen LogP contribution in [0.15, 0.2) is 18.6 Å². The summed E-state index contributed by atoms with van der Waals surface area (Å²) in [6.07, 6.45) is -0.122. The zero-order chi connectivity index (χ0) is 13.9. The predicted octanol–water partition coefficient (Wildman–Crippen LogP) is 2.21. The molecule has 0 unspecified atom stereocenters. The van der Waals surface area contributed by atoms with Gasteiger partial charge < -0.3 is 9.30 Å². The summed E-state index contributed by atoms with van der Waals surface area (Å²) in [7, 11) is 0. The number of halogens is 3. The number of alkyl halides is 3. The highest BCUT2D eigenvalue weighted by Gasteiger charge is 2.35. The van der Waals surface area contributed by atoms with Crippen LogP contribution < -0.4 is 0 Å². The molecule has 2 aromatic rings. The van der Waals surface area contributed by atoms with Gasteiger partial charge in [-0.3, -0.25) is 5.10 Å². The van der Waals surface area contributed by atoms with Crippen LogP contribution in [0, 0.1) is 0 Å². The van der Waals surface area contributed by atoms with E-state index in [9.17, 15) is 13.2 Å². The Morgan fingerprint density at radius 2 is 2.21 bits per heavy atom. The Morgan fingerprint density at radius 1 is 1.42 bits per heavy atom. The van der Waals surface area contributed by atoms with Crippen LogP contribution in [0.4, 0.5) is 13.2 Å². The fourth-order valence-corrected chi connectivity index (χ4v) is 1.68. The van der Waals surface area contributed by atoms with Crippen molar-refractivity contribution in [2.45, 2.75) is 26.3 Å². The van der Waals surface area contributed by atoms with Gasteiger partial charge in [-0.15, -0.1) is 0 Å². The van der Waals surface area contributed by atoms with E-state index in [-0.39, 0.29) is 18.7 Å². The molecule has 0 saturated carbocycles. The molecule has 2 heterocycles. The van der Waals surface area contributed by atoms with Gasteiger partial charge in [-0.25, -0.2) is 4.98 Å². The summed E-state index contributed by atoms with van der Waals surface area (Å²) in [6, 6.07) is 0. The highest BCUT2D eigenvalue weighted by molar-refractivity contribution is 5.20. The zero-order valence-corrected chi connectivity index (χ0v) is 10.2. The Morgan fingerprint density at radius 3 is 2.89 bits per heavy atom. The molecule has 0 aliphatic heterocycles. The number of hydrogen-bond donors (Lipinski definition) is 1. The number of aromatic nitrogens is 4. The second-order valence-corrected chi connectivity index (χ2v) is 3.88. The lowest BCUT2D eigenvalue weighted by Gasteiger charge is -2.10. The standard InChI is InChI=1S/C11H13F3N4O/c1-2-19-7-9-15-3-4-18(9)6-8-5-16-17-10(8)11(12,13)14/h3-5H,2,6-7H2,1H3,(H,16,17). The smallest absolute Gasteiger partial charge is 0.374 e. The van der Waals surface area contributed by atoms with Crippen LogP contribution in [-0.2, 0) is 24.1 Å². The van der Waals surface area contributed by atoms with Crippen LogP contribution in [0.1, 0.15) is 24.0 Å². The first-order valence-corrected chi connectivity index (χ1v) is 5.69. The second-order valence-electron chi connectivity index (χ2n) is 3.88. The Labute approximate surface area is 107 Å². The molecule has 8 heteroatoms. The SMILES string of the molecule is CCOCc1nccn1Cc1cn[nH]c1C(F)(F)F. The molecule has 0 aromatic carbocycles. The predicted molar refractivity (Wildman–Crippen MR) is 60.2 cm³/mol. The van der Waals surface area contributed by atoms with Gasteiger partial charge in [-0.2, -0.15) is 18.3 Å². The van der Waals surface area contributed by atoms with E-state index in [4.69, 9.17) is 4.74 Å². The van der Waals surface area contributed by atoms with Crippen molar-refractivity contribution >= 4 is 0 Å². The summed E-state index contributed by atoms with van der Waals surface area (Å²) in [5, 5.41) is 5.43. The summed E-state index contributed by atoms with van der Waals surface area (Å²) >= 11 is 0. The van der Waals surface area contributed by atoms with Gasteiger partial charge in [0.15, 0.2) is 0 Å². The van der Waals surface area contributed by atoms with E-state index in [0.717, 1.165) is 0 Å². The zero-order valence-electron chi connectivity index (χ0n) is 10.2. The summed E-state index contributed by atoms with van der Waals surface area (Å²) in [4.78, 5) is 4.05. The molecule has 0 fully saturated rings. The molecular weight excluding hydrogens is 261 g/mol. The van der Waals surface area contributed by atoms with Crippen LogP contribution in [0.25, 0.3) is 0 Å². The third kappa shape index (κ3) is 3.14. The summed E-state index contributed by atoms with van der Waals surface area (Å²) in [5.74, 6) is 0.580. The van der Waals surface area contributed by atoms with E-state index < -0.39 is 11.9 Å². The van der Waals surface area contributed by atoms with Gasteiger partial charge in [0.25, 0.3) is 0 Å². The molecule has 0 spiro atoms. The maximum absolute atomic E-state index is 12.7. The molecule has 2 rings (SSSR count). The summed E-state index contributed by atoms with van der Waals surface area (Å²) in [6.45, 7) is 2.67. The maximum Gasteiger partial charge on any atom is 0.433 e. The Balaban J connectivity index is 2.18. The maximum atomic E-state index is 12.7. The normalized spacial score (nSPS) is 12.0. The topological polar surface area (TPSA) is 55.7 Å². The van der Waals surface area contributed by atoms with Gasteiger partial charge in [-0.05, 0) is 6.92 Å². The lowest BCUT2D eigenvalue weighted by Crippen LogP contribution is -2.12. The molecule has 0 bridgehead atoms. The molecule has 0 aliphatic carbocycles. The molecule has 104 valence electrons. The van der Waals surface area contributed by atoms with Gasteiger partial charge in [0.1, 0.15) is 18.1 Å². The van der Waals surface area contributed by atoms with Crippen LogP contribution in [-0.4, -0.2) is 26.4 Å². The minimum absolute atomic E-state index is 0.0494. The van der Waals surface area contributed by atoms with Crippen molar-refractivity contribution in [3.05, 3.63) is 35.7 Å². The molecule has 0 aliphatic rings. The van der Waals surface area contributed by atoms with Crippen LogP contribution in [0.2, 0.25) is 0 Å². The minimum Gasteiger partial charge on any atom is -0.374 e. The highest BCUT2D eigenvalue weighted by atomic mass is 19.4. The monoisotopic (exact) mass is 274 g/mol. The molecule has 0 radical (unpaired) electrons. The molecule has 0 saturated heterocycles. The fourth-order valence-electron chi connectivity index (χ4n) is 1.68. The molecule has 0 atom stereocenters. The van der Waals surface area contributed by atoms with E-state index >= 15 is 0 Å². The Hall–Kier alpha value is -1.83. The average Bonchev–Trinajstić information content (AvgIpc) is 2.95. The molecule has 1 N–H and O–H groups in total. The van der Waals surface area contributed by atoms with Crippen LogP contribution in [0.5, 0.6) is 0 Å². The van der Waals surface area contributed by atoms with Crippen molar-refractivity contribution in [3.8, 4) is 0 Å². The van der Waals surface area contributed by atoms with Crippen molar-refractivity contribution in [1.82, 2.24) is 19.7 Å². The number of aromatic amines is 1. The first-order valence-electron chi connectivity index (χ1n) is 5.69. The fraction of sp³-hybridized carbons (Fsp3) is 0.455. The molecule has 19 heavy (non-hydrogen) atoms. The molecule has 2 aromatic heterocycles. The largest absolute Gasteiger partial charge is 0.433 e. The van der Waals surface area contributed by atoms with Gasteiger partial charge in [-0.1, -0.05) is 0 Å². The third-order valence-electron chi connectivity index (χ3n) is 2.58. The molecule has 5 nitrogen and oxygen atoms in total. The number of rotatable bonds is 5. The third-order valence-corrected chi connectivity index (χ3v) is 2.58. The first-order chi connectivity index (χ1) is 9.02. The number of H-pyrrole nitrogens is 1. The summed E-state index contributed by atoms with van der Waals surface area (Å²) in [5.41, 5.74) is -0.758. The highest BCUT2D eigenvalue weighted by Crippen LogP contribution is 2.30. The lowest BCUT2D eigenvalue weighted by atomic mass is 10.2.